The lowest BCUT2D eigenvalue weighted by atomic mass is 9.84. The van der Waals surface area contributed by atoms with Crippen LogP contribution in [0.2, 0.25) is 0 Å². The predicted octanol–water partition coefficient (Wildman–Crippen LogP) is 3.61. The first-order valence-corrected chi connectivity index (χ1v) is 11.8. The molecule has 4 rings (SSSR count). The third kappa shape index (κ3) is 5.12. The Morgan fingerprint density at radius 3 is 2.76 bits per heavy atom. The van der Waals surface area contributed by atoms with Crippen LogP contribution in [0.4, 0.5) is 5.69 Å². The van der Waals surface area contributed by atoms with Crippen molar-refractivity contribution < 1.29 is 19.2 Å². The Morgan fingerprint density at radius 2 is 2.12 bits per heavy atom. The molecule has 1 atom stereocenters. The predicted molar refractivity (Wildman–Crippen MR) is 124 cm³/mol. The zero-order valence-electron chi connectivity index (χ0n) is 18.4. The molecule has 0 bridgehead atoms. The highest BCUT2D eigenvalue weighted by Gasteiger charge is 2.36. The zero-order valence-corrected chi connectivity index (χ0v) is 19.2. The molecule has 1 aliphatic carbocycles. The Morgan fingerprint density at radius 1 is 1.30 bits per heavy atom. The largest absolute Gasteiger partial charge is 0.383 e. The summed E-state index contributed by atoms with van der Waals surface area (Å²) in [6, 6.07) is 9.68. The Balaban J connectivity index is 1.60. The molecule has 0 spiro atoms. The molecule has 1 fully saturated rings. The van der Waals surface area contributed by atoms with Gasteiger partial charge in [0.25, 0.3) is 11.6 Å². The van der Waals surface area contributed by atoms with Gasteiger partial charge in [0.05, 0.1) is 28.2 Å². The molecule has 1 saturated carbocycles. The van der Waals surface area contributed by atoms with E-state index in [0.717, 1.165) is 29.9 Å². The van der Waals surface area contributed by atoms with Crippen LogP contribution in [0, 0.1) is 16.0 Å². The fourth-order valence-corrected chi connectivity index (χ4v) is 4.78. The summed E-state index contributed by atoms with van der Waals surface area (Å²) in [6.07, 6.45) is 3.16. The standard InChI is InChI=1S/C23H26N4O5S/c1-32-11-10-25(23(29)16-5-2-6-16)15-22(28)26-20(14-19(24-26)21-9-4-12-33-21)17-7-3-8-18(13-17)27(30)31/h3-4,7-9,12-13,16,20H,2,5-6,10-11,14-15H2,1H3. The lowest BCUT2D eigenvalue weighted by Crippen LogP contribution is -2.46. The van der Waals surface area contributed by atoms with E-state index in [1.54, 1.807) is 24.1 Å². The summed E-state index contributed by atoms with van der Waals surface area (Å²) in [6.45, 7) is 0.559. The fraction of sp³-hybridized carbons (Fsp3) is 0.435. The number of hydrogen-bond donors (Lipinski definition) is 0. The first kappa shape index (κ1) is 23.1. The number of methoxy groups -OCH3 is 1. The second-order valence-corrected chi connectivity index (χ2v) is 9.16. The van der Waals surface area contributed by atoms with Gasteiger partial charge in [-0.1, -0.05) is 24.6 Å². The van der Waals surface area contributed by atoms with Gasteiger partial charge in [-0.15, -0.1) is 11.3 Å². The van der Waals surface area contributed by atoms with Gasteiger partial charge in [0.2, 0.25) is 5.91 Å². The number of rotatable bonds is 9. The molecule has 1 aliphatic heterocycles. The van der Waals surface area contributed by atoms with Gasteiger partial charge in [0, 0.05) is 38.1 Å². The highest BCUT2D eigenvalue weighted by atomic mass is 32.1. The van der Waals surface area contributed by atoms with Crippen LogP contribution < -0.4 is 0 Å². The number of hydrogen-bond acceptors (Lipinski definition) is 7. The molecule has 2 aliphatic rings. The van der Waals surface area contributed by atoms with Crippen molar-refractivity contribution in [2.45, 2.75) is 31.7 Å². The lowest BCUT2D eigenvalue weighted by Gasteiger charge is -2.32. The molecule has 0 saturated heterocycles. The van der Waals surface area contributed by atoms with Crippen LogP contribution in [0.15, 0.2) is 46.9 Å². The Labute approximate surface area is 195 Å². The maximum atomic E-state index is 13.4. The third-order valence-corrected chi connectivity index (χ3v) is 7.01. The van der Waals surface area contributed by atoms with E-state index < -0.39 is 11.0 Å². The molecule has 1 unspecified atom stereocenters. The van der Waals surface area contributed by atoms with Crippen LogP contribution in [-0.4, -0.2) is 59.2 Å². The Kier molecular flexibility index (Phi) is 7.14. The second kappa shape index (κ2) is 10.2. The average Bonchev–Trinajstić information content (AvgIpc) is 3.45. The number of nitro groups is 1. The summed E-state index contributed by atoms with van der Waals surface area (Å²) >= 11 is 1.53. The lowest BCUT2D eigenvalue weighted by molar-refractivity contribution is -0.385. The monoisotopic (exact) mass is 470 g/mol. The van der Waals surface area contributed by atoms with Crippen LogP contribution in [0.25, 0.3) is 0 Å². The highest BCUT2D eigenvalue weighted by molar-refractivity contribution is 7.12. The first-order valence-electron chi connectivity index (χ1n) is 10.9. The van der Waals surface area contributed by atoms with Crippen molar-refractivity contribution in [3.63, 3.8) is 0 Å². The van der Waals surface area contributed by atoms with Crippen molar-refractivity contribution in [3.8, 4) is 0 Å². The van der Waals surface area contributed by atoms with Gasteiger partial charge in [0.15, 0.2) is 0 Å². The van der Waals surface area contributed by atoms with Gasteiger partial charge in [0.1, 0.15) is 6.54 Å². The number of nitro benzene ring substituents is 1. The van der Waals surface area contributed by atoms with Crippen molar-refractivity contribution in [1.82, 2.24) is 9.91 Å². The van der Waals surface area contributed by atoms with Crippen molar-refractivity contribution in [3.05, 3.63) is 62.3 Å². The minimum Gasteiger partial charge on any atom is -0.383 e. The number of hydrazone groups is 1. The SMILES string of the molecule is COCCN(CC(=O)N1N=C(c2cccs2)CC1c1cccc([N+](=O)[O-])c1)C(=O)C1CCC1. The molecule has 174 valence electrons. The van der Waals surface area contributed by atoms with Gasteiger partial charge in [-0.2, -0.15) is 5.10 Å². The molecule has 10 heteroatoms. The van der Waals surface area contributed by atoms with Crippen LogP contribution in [-0.2, 0) is 14.3 Å². The van der Waals surface area contributed by atoms with Crippen LogP contribution in [0.5, 0.6) is 0 Å². The number of amides is 2. The molecule has 33 heavy (non-hydrogen) atoms. The van der Waals surface area contributed by atoms with Crippen LogP contribution >= 0.6 is 11.3 Å². The summed E-state index contributed by atoms with van der Waals surface area (Å²) in [5, 5.41) is 19.2. The molecule has 1 aromatic heterocycles. The Bertz CT molecular complexity index is 1050. The number of nitrogens with zero attached hydrogens (tertiary/aromatic N) is 4. The van der Waals surface area contributed by atoms with Gasteiger partial charge >= 0.3 is 0 Å². The zero-order chi connectivity index (χ0) is 23.4. The number of benzene rings is 1. The minimum atomic E-state index is -0.474. The van der Waals surface area contributed by atoms with Gasteiger partial charge in [-0.25, -0.2) is 5.01 Å². The summed E-state index contributed by atoms with van der Waals surface area (Å²) in [4.78, 5) is 39.7. The minimum absolute atomic E-state index is 0.0276. The van der Waals surface area contributed by atoms with E-state index in [0.29, 0.717) is 25.1 Å². The van der Waals surface area contributed by atoms with Crippen molar-refractivity contribution in [2.75, 3.05) is 26.8 Å². The summed E-state index contributed by atoms with van der Waals surface area (Å²) in [5.41, 5.74) is 1.36. The summed E-state index contributed by atoms with van der Waals surface area (Å²) in [7, 11) is 1.56. The Hall–Kier alpha value is -3.11. The molecular weight excluding hydrogens is 444 g/mol. The van der Waals surface area contributed by atoms with E-state index in [1.807, 2.05) is 17.5 Å². The molecule has 1 aromatic carbocycles. The summed E-state index contributed by atoms with van der Waals surface area (Å²) < 4.78 is 5.14. The average molecular weight is 471 g/mol. The van der Waals surface area contributed by atoms with E-state index in [-0.39, 0.29) is 30.0 Å². The van der Waals surface area contributed by atoms with Gasteiger partial charge in [-0.3, -0.25) is 19.7 Å². The number of ether oxygens (including phenoxy) is 1. The smallest absolute Gasteiger partial charge is 0.269 e. The third-order valence-electron chi connectivity index (χ3n) is 6.09. The fourth-order valence-electron chi connectivity index (χ4n) is 4.05. The van der Waals surface area contributed by atoms with E-state index >= 15 is 0 Å². The molecule has 2 amide bonds. The number of carbonyl (C=O) groups excluding carboxylic acids is 2. The maximum Gasteiger partial charge on any atom is 0.269 e. The van der Waals surface area contributed by atoms with Gasteiger partial charge in [-0.05, 0) is 29.9 Å². The van der Waals surface area contributed by atoms with Crippen molar-refractivity contribution in [2.24, 2.45) is 11.0 Å². The van der Waals surface area contributed by atoms with E-state index in [2.05, 4.69) is 5.10 Å². The van der Waals surface area contributed by atoms with Crippen molar-refractivity contribution in [1.29, 1.82) is 0 Å². The quantitative estimate of drug-likeness (QED) is 0.411. The van der Waals surface area contributed by atoms with E-state index in [1.165, 1.54) is 28.5 Å². The van der Waals surface area contributed by atoms with Gasteiger partial charge < -0.3 is 9.64 Å². The van der Waals surface area contributed by atoms with E-state index in [9.17, 15) is 19.7 Å². The number of carbonyl (C=O) groups is 2. The summed E-state index contributed by atoms with van der Waals surface area (Å²) in [5.74, 6) is -0.381. The molecule has 9 nitrogen and oxygen atoms in total. The number of thiophene rings is 1. The molecule has 2 heterocycles. The topological polar surface area (TPSA) is 105 Å². The van der Waals surface area contributed by atoms with Crippen LogP contribution in [0.3, 0.4) is 0 Å². The first-order chi connectivity index (χ1) is 16.0. The highest BCUT2D eigenvalue weighted by Crippen LogP contribution is 2.35. The molecular formula is C23H26N4O5S. The van der Waals surface area contributed by atoms with Crippen molar-refractivity contribution >= 4 is 34.6 Å². The number of non-ortho nitro benzene ring substituents is 1. The normalized spacial score (nSPS) is 18.0. The molecule has 2 aromatic rings. The molecule has 0 radical (unpaired) electrons. The second-order valence-electron chi connectivity index (χ2n) is 8.21. The van der Waals surface area contributed by atoms with Crippen LogP contribution in [0.1, 0.15) is 42.2 Å². The molecule has 0 N–H and O–H groups in total. The van der Waals surface area contributed by atoms with E-state index in [4.69, 9.17) is 4.74 Å². The maximum absolute atomic E-state index is 13.4.